The zero-order chi connectivity index (χ0) is 13.1. The Bertz CT molecular complexity index is 608. The molecule has 0 aliphatic rings. The molecule has 0 spiro atoms. The molecule has 0 unspecified atom stereocenters. The average molecular weight is 279 g/mol. The molecule has 0 radical (unpaired) electrons. The van der Waals surface area contributed by atoms with E-state index in [0.717, 1.165) is 4.21 Å². The number of hydrogen-bond donors (Lipinski definition) is 0. The van der Waals surface area contributed by atoms with Crippen molar-refractivity contribution in [2.24, 2.45) is 0 Å². The molecule has 0 amide bonds. The van der Waals surface area contributed by atoms with Crippen molar-refractivity contribution in [3.05, 3.63) is 28.8 Å². The van der Waals surface area contributed by atoms with Gasteiger partial charge in [0.25, 0.3) is 0 Å². The van der Waals surface area contributed by atoms with Crippen molar-refractivity contribution in [1.29, 1.82) is 5.26 Å². The van der Waals surface area contributed by atoms with Gasteiger partial charge in [-0.1, -0.05) is 0 Å². The van der Waals surface area contributed by atoms with Crippen LogP contribution in [-0.2, 0) is 4.74 Å². The molecule has 0 bridgehead atoms. The molecule has 0 aromatic carbocycles. The Morgan fingerprint density at radius 3 is 2.89 bits per heavy atom. The number of nitrogens with zero attached hydrogens (tertiary/aromatic N) is 1. The summed E-state index contributed by atoms with van der Waals surface area (Å²) in [7, 11) is 1.32. The first-order chi connectivity index (χ1) is 8.72. The molecule has 18 heavy (non-hydrogen) atoms. The number of rotatable bonds is 3. The maximum Gasteiger partial charge on any atom is 0.348 e. The van der Waals surface area contributed by atoms with Gasteiger partial charge in [-0.2, -0.15) is 5.26 Å². The van der Waals surface area contributed by atoms with E-state index in [-0.39, 0.29) is 0 Å². The summed E-state index contributed by atoms with van der Waals surface area (Å²) in [4.78, 5) is 12.2. The Hall–Kier alpha value is -1.71. The topological polar surface area (TPSA) is 63.2 Å². The summed E-state index contributed by atoms with van der Waals surface area (Å²) in [6, 6.07) is 5.56. The minimum atomic E-state index is -0.455. The molecule has 6 heteroatoms. The highest BCUT2D eigenvalue weighted by Gasteiger charge is 2.25. The fourth-order valence-electron chi connectivity index (χ4n) is 1.55. The first-order valence-corrected chi connectivity index (χ1v) is 7.00. The first-order valence-electron chi connectivity index (χ1n) is 4.96. The minimum Gasteiger partial charge on any atom is -0.465 e. The number of hydrogen-bond acceptors (Lipinski definition) is 6. The van der Waals surface area contributed by atoms with Gasteiger partial charge in [0.15, 0.2) is 0 Å². The van der Waals surface area contributed by atoms with Crippen LogP contribution in [0, 0.1) is 11.3 Å². The summed E-state index contributed by atoms with van der Waals surface area (Å²) in [6.07, 6.45) is 3.37. The molecule has 0 saturated heterocycles. The molecule has 92 valence electrons. The van der Waals surface area contributed by atoms with Crippen molar-refractivity contribution in [2.75, 3.05) is 13.4 Å². The van der Waals surface area contributed by atoms with Gasteiger partial charge in [-0.05, 0) is 18.4 Å². The van der Waals surface area contributed by atoms with Gasteiger partial charge in [-0.25, -0.2) is 4.79 Å². The van der Waals surface area contributed by atoms with Gasteiger partial charge >= 0.3 is 5.97 Å². The zero-order valence-electron chi connectivity index (χ0n) is 9.72. The largest absolute Gasteiger partial charge is 0.465 e. The number of methoxy groups -OCH3 is 1. The third-order valence-electron chi connectivity index (χ3n) is 2.31. The molecule has 2 rings (SSSR count). The molecule has 0 aliphatic heterocycles. The van der Waals surface area contributed by atoms with Crippen molar-refractivity contribution in [3.63, 3.8) is 0 Å². The average Bonchev–Trinajstić information content (AvgIpc) is 3.03. The fraction of sp³-hybridized carbons (Fsp3) is 0.167. The lowest BCUT2D eigenvalue weighted by Gasteiger charge is -1.99. The maximum absolute atomic E-state index is 11.8. The van der Waals surface area contributed by atoms with E-state index in [2.05, 4.69) is 6.07 Å². The number of carbonyl (C=O) groups is 1. The van der Waals surface area contributed by atoms with E-state index in [1.165, 1.54) is 36.5 Å². The fourth-order valence-corrected chi connectivity index (χ4v) is 3.39. The molecular weight excluding hydrogens is 270 g/mol. The van der Waals surface area contributed by atoms with E-state index in [4.69, 9.17) is 9.15 Å². The molecule has 0 fully saturated rings. The monoisotopic (exact) mass is 279 g/mol. The van der Waals surface area contributed by atoms with Crippen LogP contribution in [0.2, 0.25) is 0 Å². The summed E-state index contributed by atoms with van der Waals surface area (Å²) in [5.41, 5.74) is 0.978. The molecule has 0 saturated carbocycles. The van der Waals surface area contributed by atoms with E-state index in [1.54, 1.807) is 12.1 Å². The SMILES string of the molecule is COC(=O)c1sc(SC)c(C#N)c1-c1ccco1. The molecule has 0 N–H and O–H groups in total. The molecule has 0 aliphatic carbocycles. The Balaban J connectivity index is 2.71. The number of esters is 1. The van der Waals surface area contributed by atoms with Gasteiger partial charge in [0.1, 0.15) is 16.7 Å². The number of thiophene rings is 1. The molecule has 4 nitrogen and oxygen atoms in total. The van der Waals surface area contributed by atoms with Crippen molar-refractivity contribution in [2.45, 2.75) is 4.21 Å². The molecule has 0 atom stereocenters. The lowest BCUT2D eigenvalue weighted by atomic mass is 10.1. The lowest BCUT2D eigenvalue weighted by Crippen LogP contribution is -2.00. The van der Waals surface area contributed by atoms with Crippen LogP contribution in [0.1, 0.15) is 15.2 Å². The van der Waals surface area contributed by atoms with E-state index in [1.807, 2.05) is 6.26 Å². The predicted molar refractivity (Wildman–Crippen MR) is 69.9 cm³/mol. The number of nitriles is 1. The summed E-state index contributed by atoms with van der Waals surface area (Å²) in [6.45, 7) is 0. The normalized spacial score (nSPS) is 10.1. The predicted octanol–water partition coefficient (Wildman–Crippen LogP) is 3.39. The molecule has 2 aromatic heterocycles. The van der Waals surface area contributed by atoms with Crippen LogP contribution in [0.3, 0.4) is 0 Å². The Morgan fingerprint density at radius 1 is 1.61 bits per heavy atom. The molecule has 2 heterocycles. The molecular formula is C12H9NO3S2. The summed E-state index contributed by atoms with van der Waals surface area (Å²) < 4.78 is 10.8. The third-order valence-corrected chi connectivity index (χ3v) is 4.60. The highest BCUT2D eigenvalue weighted by molar-refractivity contribution is 8.00. The van der Waals surface area contributed by atoms with Gasteiger partial charge < -0.3 is 9.15 Å². The van der Waals surface area contributed by atoms with Gasteiger partial charge in [0.05, 0.1) is 28.7 Å². The zero-order valence-corrected chi connectivity index (χ0v) is 11.4. The van der Waals surface area contributed by atoms with Crippen LogP contribution in [-0.4, -0.2) is 19.3 Å². The Labute approximate surface area is 112 Å². The second-order valence-electron chi connectivity index (χ2n) is 3.25. The number of furan rings is 1. The van der Waals surface area contributed by atoms with Crippen LogP contribution < -0.4 is 0 Å². The quantitative estimate of drug-likeness (QED) is 0.636. The second kappa shape index (κ2) is 5.29. The standard InChI is InChI=1S/C12H9NO3S2/c1-15-11(14)10-9(8-4-3-5-16-8)7(6-13)12(17-2)18-10/h3-5H,1-2H3. The van der Waals surface area contributed by atoms with Crippen molar-refractivity contribution in [3.8, 4) is 17.4 Å². The highest BCUT2D eigenvalue weighted by atomic mass is 32.2. The van der Waals surface area contributed by atoms with Crippen LogP contribution in [0.5, 0.6) is 0 Å². The number of ether oxygens (including phenoxy) is 1. The molecule has 2 aromatic rings. The van der Waals surface area contributed by atoms with E-state index >= 15 is 0 Å². The van der Waals surface area contributed by atoms with Gasteiger partial charge in [0, 0.05) is 0 Å². The smallest absolute Gasteiger partial charge is 0.348 e. The number of carbonyl (C=O) groups excluding carboxylic acids is 1. The Kier molecular flexibility index (Phi) is 3.75. The minimum absolute atomic E-state index is 0.397. The maximum atomic E-state index is 11.8. The first kappa shape index (κ1) is 12.7. The van der Waals surface area contributed by atoms with E-state index in [0.29, 0.717) is 21.8 Å². The lowest BCUT2D eigenvalue weighted by molar-refractivity contribution is 0.0607. The van der Waals surface area contributed by atoms with E-state index in [9.17, 15) is 10.1 Å². The number of thioether (sulfide) groups is 1. The second-order valence-corrected chi connectivity index (χ2v) is 5.35. The third kappa shape index (κ3) is 2.03. The van der Waals surface area contributed by atoms with Gasteiger partial charge in [0.2, 0.25) is 0 Å². The van der Waals surface area contributed by atoms with Crippen LogP contribution in [0.15, 0.2) is 27.0 Å². The highest BCUT2D eigenvalue weighted by Crippen LogP contribution is 2.41. The van der Waals surface area contributed by atoms with Crippen LogP contribution >= 0.6 is 23.1 Å². The summed E-state index contributed by atoms with van der Waals surface area (Å²) in [5.74, 6) is 0.0479. The van der Waals surface area contributed by atoms with Crippen LogP contribution in [0.25, 0.3) is 11.3 Å². The summed E-state index contributed by atoms with van der Waals surface area (Å²) >= 11 is 2.67. The van der Waals surface area contributed by atoms with Crippen LogP contribution in [0.4, 0.5) is 0 Å². The van der Waals surface area contributed by atoms with Crippen molar-refractivity contribution in [1.82, 2.24) is 0 Å². The van der Waals surface area contributed by atoms with Crippen molar-refractivity contribution >= 4 is 29.1 Å². The summed E-state index contributed by atoms with van der Waals surface area (Å²) in [5, 5.41) is 9.25. The Morgan fingerprint density at radius 2 is 2.39 bits per heavy atom. The van der Waals surface area contributed by atoms with Gasteiger partial charge in [-0.3, -0.25) is 0 Å². The van der Waals surface area contributed by atoms with Gasteiger partial charge in [-0.15, -0.1) is 23.1 Å². The van der Waals surface area contributed by atoms with Crippen molar-refractivity contribution < 1.29 is 13.9 Å². The van der Waals surface area contributed by atoms with E-state index < -0.39 is 5.97 Å².